The van der Waals surface area contributed by atoms with Crippen LogP contribution in [0.1, 0.15) is 29.9 Å². The number of carbonyl (C=O) groups is 1. The number of nitrogens with one attached hydrogen (secondary N) is 1. The average molecular weight is 280 g/mol. The number of hydrogen-bond acceptors (Lipinski definition) is 3. The van der Waals surface area contributed by atoms with Crippen molar-refractivity contribution in [3.05, 3.63) is 46.9 Å². The van der Waals surface area contributed by atoms with Crippen LogP contribution in [0, 0.1) is 25.5 Å². The van der Waals surface area contributed by atoms with E-state index in [1.54, 1.807) is 20.8 Å². The van der Waals surface area contributed by atoms with Gasteiger partial charge < -0.3 is 9.84 Å². The molecule has 1 amide bonds. The van der Waals surface area contributed by atoms with Crippen LogP contribution in [0.5, 0.6) is 0 Å². The number of carbonyl (C=O) groups excluding carboxylic acids is 1. The number of nitrogens with zero attached hydrogens (tertiary/aromatic N) is 1. The lowest BCUT2D eigenvalue weighted by molar-refractivity contribution is -0.117. The van der Waals surface area contributed by atoms with Crippen molar-refractivity contribution >= 4 is 11.6 Å². The summed E-state index contributed by atoms with van der Waals surface area (Å²) in [5, 5.41) is 6.33. The van der Waals surface area contributed by atoms with Crippen molar-refractivity contribution < 1.29 is 18.1 Å². The number of benzene rings is 1. The summed E-state index contributed by atoms with van der Waals surface area (Å²) in [5.74, 6) is -2.25. The Kier molecular flexibility index (Phi) is 3.83. The molecule has 1 unspecified atom stereocenters. The van der Waals surface area contributed by atoms with Gasteiger partial charge >= 0.3 is 0 Å². The molecule has 6 heteroatoms. The molecule has 1 aromatic heterocycles. The van der Waals surface area contributed by atoms with Gasteiger partial charge in [0.2, 0.25) is 5.91 Å². The number of aryl methyl sites for hydroxylation is 2. The van der Waals surface area contributed by atoms with Crippen LogP contribution < -0.4 is 5.32 Å². The summed E-state index contributed by atoms with van der Waals surface area (Å²) in [4.78, 5) is 12.1. The molecular formula is C14H14F2N2O2. The Morgan fingerprint density at radius 3 is 2.55 bits per heavy atom. The van der Waals surface area contributed by atoms with Crippen LogP contribution >= 0.6 is 0 Å². The van der Waals surface area contributed by atoms with Crippen LogP contribution in [0.4, 0.5) is 14.5 Å². The average Bonchev–Trinajstić information content (AvgIpc) is 2.72. The van der Waals surface area contributed by atoms with Gasteiger partial charge in [0.25, 0.3) is 0 Å². The summed E-state index contributed by atoms with van der Waals surface area (Å²) in [5.41, 5.74) is 1.54. The fourth-order valence-electron chi connectivity index (χ4n) is 2.06. The maximum atomic E-state index is 13.1. The Bertz CT molecular complexity index is 633. The molecule has 0 radical (unpaired) electrons. The number of halogens is 2. The van der Waals surface area contributed by atoms with Crippen LogP contribution in [0.3, 0.4) is 0 Å². The van der Waals surface area contributed by atoms with Crippen molar-refractivity contribution in [3.63, 3.8) is 0 Å². The van der Waals surface area contributed by atoms with Crippen molar-refractivity contribution in [2.45, 2.75) is 26.7 Å². The summed E-state index contributed by atoms with van der Waals surface area (Å²) in [6, 6.07) is 3.20. The molecule has 2 aromatic rings. The molecule has 106 valence electrons. The lowest BCUT2D eigenvalue weighted by Gasteiger charge is -2.12. The monoisotopic (exact) mass is 280 g/mol. The first-order valence-electron chi connectivity index (χ1n) is 6.09. The molecule has 0 spiro atoms. The predicted octanol–water partition coefficient (Wildman–Crippen LogP) is 3.31. The van der Waals surface area contributed by atoms with E-state index in [0.717, 1.165) is 12.1 Å². The second kappa shape index (κ2) is 5.40. The standard InChI is InChI=1S/C14H14F2N2O2/c1-7(13-8(2)18-20-9(13)3)14(19)17-10-4-5-11(15)12(16)6-10/h4-7H,1-3H3,(H,17,19). The van der Waals surface area contributed by atoms with Gasteiger partial charge in [-0.25, -0.2) is 8.78 Å². The molecule has 4 nitrogen and oxygen atoms in total. The Balaban J connectivity index is 2.17. The predicted molar refractivity (Wildman–Crippen MR) is 69.4 cm³/mol. The van der Waals surface area contributed by atoms with Gasteiger partial charge in [0.05, 0.1) is 11.6 Å². The molecule has 1 atom stereocenters. The first-order valence-corrected chi connectivity index (χ1v) is 6.09. The summed E-state index contributed by atoms with van der Waals surface area (Å²) in [6.45, 7) is 5.16. The van der Waals surface area contributed by atoms with E-state index in [1.807, 2.05) is 0 Å². The van der Waals surface area contributed by atoms with Crippen molar-refractivity contribution in [3.8, 4) is 0 Å². The zero-order valence-corrected chi connectivity index (χ0v) is 11.3. The molecule has 0 saturated heterocycles. The highest BCUT2D eigenvalue weighted by Gasteiger charge is 2.23. The Labute approximate surface area is 114 Å². The molecule has 1 N–H and O–H groups in total. The Morgan fingerprint density at radius 2 is 2.00 bits per heavy atom. The minimum Gasteiger partial charge on any atom is -0.361 e. The molecule has 0 saturated carbocycles. The van der Waals surface area contributed by atoms with Gasteiger partial charge in [-0.1, -0.05) is 5.16 Å². The van der Waals surface area contributed by atoms with Crippen molar-refractivity contribution in [1.82, 2.24) is 5.16 Å². The summed E-state index contributed by atoms with van der Waals surface area (Å²) in [7, 11) is 0. The number of rotatable bonds is 3. The minimum absolute atomic E-state index is 0.201. The largest absolute Gasteiger partial charge is 0.361 e. The quantitative estimate of drug-likeness (QED) is 0.938. The van der Waals surface area contributed by atoms with Gasteiger partial charge in [0.15, 0.2) is 11.6 Å². The maximum absolute atomic E-state index is 13.1. The van der Waals surface area contributed by atoms with Crippen molar-refractivity contribution in [1.29, 1.82) is 0 Å². The van der Waals surface area contributed by atoms with Crippen molar-refractivity contribution in [2.24, 2.45) is 0 Å². The molecule has 0 aliphatic rings. The van der Waals surface area contributed by atoms with Gasteiger partial charge in [-0.15, -0.1) is 0 Å². The van der Waals surface area contributed by atoms with E-state index in [-0.39, 0.29) is 11.6 Å². The fraction of sp³-hybridized carbons (Fsp3) is 0.286. The van der Waals surface area contributed by atoms with Crippen molar-refractivity contribution in [2.75, 3.05) is 5.32 Å². The maximum Gasteiger partial charge on any atom is 0.231 e. The Hall–Kier alpha value is -2.24. The van der Waals surface area contributed by atoms with E-state index >= 15 is 0 Å². The van der Waals surface area contributed by atoms with E-state index < -0.39 is 17.6 Å². The van der Waals surface area contributed by atoms with Gasteiger partial charge in [0, 0.05) is 17.3 Å². The summed E-state index contributed by atoms with van der Waals surface area (Å²) in [6.07, 6.45) is 0. The third-order valence-corrected chi connectivity index (χ3v) is 3.10. The zero-order chi connectivity index (χ0) is 14.9. The fourth-order valence-corrected chi connectivity index (χ4v) is 2.06. The molecule has 1 aromatic carbocycles. The van der Waals surface area contributed by atoms with Crippen LogP contribution in [0.15, 0.2) is 22.7 Å². The zero-order valence-electron chi connectivity index (χ0n) is 11.3. The second-order valence-corrected chi connectivity index (χ2v) is 4.58. The molecule has 20 heavy (non-hydrogen) atoms. The van der Waals surface area contributed by atoms with Gasteiger partial charge in [-0.05, 0) is 32.9 Å². The highest BCUT2D eigenvalue weighted by atomic mass is 19.2. The summed E-state index contributed by atoms with van der Waals surface area (Å²) >= 11 is 0. The third kappa shape index (κ3) is 2.68. The molecule has 1 heterocycles. The number of anilines is 1. The highest BCUT2D eigenvalue weighted by molar-refractivity contribution is 5.95. The van der Waals surface area contributed by atoms with Gasteiger partial charge in [-0.2, -0.15) is 0 Å². The number of aromatic nitrogens is 1. The molecule has 0 aliphatic heterocycles. The smallest absolute Gasteiger partial charge is 0.231 e. The second-order valence-electron chi connectivity index (χ2n) is 4.58. The first kappa shape index (κ1) is 14.2. The molecule has 0 aliphatic carbocycles. The lowest BCUT2D eigenvalue weighted by Crippen LogP contribution is -2.19. The minimum atomic E-state index is -1.01. The van der Waals surface area contributed by atoms with E-state index in [4.69, 9.17) is 4.52 Å². The lowest BCUT2D eigenvalue weighted by atomic mass is 9.98. The van der Waals surface area contributed by atoms with Crippen LogP contribution in [0.25, 0.3) is 0 Å². The van der Waals surface area contributed by atoms with Gasteiger partial charge in [-0.3, -0.25) is 4.79 Å². The van der Waals surface area contributed by atoms with Crippen LogP contribution in [0.2, 0.25) is 0 Å². The SMILES string of the molecule is Cc1noc(C)c1C(C)C(=O)Nc1ccc(F)c(F)c1. The van der Waals surface area contributed by atoms with E-state index in [0.29, 0.717) is 17.0 Å². The normalized spacial score (nSPS) is 12.2. The number of amides is 1. The molecule has 2 rings (SSSR count). The first-order chi connectivity index (χ1) is 9.40. The topological polar surface area (TPSA) is 55.1 Å². The third-order valence-electron chi connectivity index (χ3n) is 3.10. The highest BCUT2D eigenvalue weighted by Crippen LogP contribution is 2.24. The number of hydrogen-bond donors (Lipinski definition) is 1. The van der Waals surface area contributed by atoms with Gasteiger partial charge in [0.1, 0.15) is 5.76 Å². The Morgan fingerprint density at radius 1 is 1.30 bits per heavy atom. The van der Waals surface area contributed by atoms with E-state index in [2.05, 4.69) is 10.5 Å². The summed E-state index contributed by atoms with van der Waals surface area (Å²) < 4.78 is 30.9. The van der Waals surface area contributed by atoms with Crippen LogP contribution in [-0.2, 0) is 4.79 Å². The van der Waals surface area contributed by atoms with E-state index in [1.165, 1.54) is 6.07 Å². The molecular weight excluding hydrogens is 266 g/mol. The van der Waals surface area contributed by atoms with E-state index in [9.17, 15) is 13.6 Å². The van der Waals surface area contributed by atoms with Crippen LogP contribution in [-0.4, -0.2) is 11.1 Å². The molecule has 0 fully saturated rings. The molecule has 0 bridgehead atoms.